The van der Waals surface area contributed by atoms with E-state index in [-0.39, 0.29) is 5.78 Å². The molecule has 0 fully saturated rings. The lowest BCUT2D eigenvalue weighted by atomic mass is 9.93. The van der Waals surface area contributed by atoms with Crippen molar-refractivity contribution in [2.24, 2.45) is 0 Å². The summed E-state index contributed by atoms with van der Waals surface area (Å²) in [7, 11) is 5.57. The van der Waals surface area contributed by atoms with E-state index in [1.165, 1.54) is 0 Å². The predicted molar refractivity (Wildman–Crippen MR) is 69.4 cm³/mol. The quantitative estimate of drug-likeness (QED) is 0.605. The molecule has 0 heterocycles. The molecule has 0 bridgehead atoms. The maximum absolute atomic E-state index is 12.0. The van der Waals surface area contributed by atoms with E-state index in [2.05, 4.69) is 15.9 Å². The predicted octanol–water partition coefficient (Wildman–Crippen LogP) is 2.47. The van der Waals surface area contributed by atoms with E-state index in [0.717, 1.165) is 4.47 Å². The molecule has 2 radical (unpaired) electrons. The second-order valence-corrected chi connectivity index (χ2v) is 4.37. The summed E-state index contributed by atoms with van der Waals surface area (Å²) >= 11 is 3.33. The van der Waals surface area contributed by atoms with Crippen LogP contribution < -0.4 is 5.46 Å². The van der Waals surface area contributed by atoms with Crippen molar-refractivity contribution in [2.45, 2.75) is 0 Å². The monoisotopic (exact) mass is 270 g/mol. The van der Waals surface area contributed by atoms with E-state index >= 15 is 0 Å². The molecule has 0 amide bonds. The van der Waals surface area contributed by atoms with Gasteiger partial charge in [-0.2, -0.15) is 0 Å². The summed E-state index contributed by atoms with van der Waals surface area (Å²) in [5.74, 6) is 0.00694. The van der Waals surface area contributed by atoms with Gasteiger partial charge in [-0.1, -0.05) is 45.7 Å². The van der Waals surface area contributed by atoms with Crippen LogP contribution in [0.2, 0.25) is 0 Å². The summed E-state index contributed by atoms with van der Waals surface area (Å²) < 4.78 is 0.960. The van der Waals surface area contributed by atoms with Crippen LogP contribution in [-0.2, 0) is 0 Å². The van der Waals surface area contributed by atoms with Crippen LogP contribution in [0, 0.1) is 0 Å². The van der Waals surface area contributed by atoms with Crippen molar-refractivity contribution in [1.29, 1.82) is 0 Å². The molecule has 1 nitrogen and oxygen atoms in total. The van der Waals surface area contributed by atoms with Crippen molar-refractivity contribution in [1.82, 2.24) is 0 Å². The van der Waals surface area contributed by atoms with Crippen LogP contribution in [0.4, 0.5) is 0 Å². The second kappa shape index (κ2) is 4.66. The average Bonchev–Trinajstić information content (AvgIpc) is 2.30. The lowest BCUT2D eigenvalue weighted by molar-refractivity contribution is 0.103. The fourth-order valence-electron chi connectivity index (χ4n) is 1.40. The Morgan fingerprint density at radius 3 is 1.81 bits per heavy atom. The highest BCUT2D eigenvalue weighted by Gasteiger charge is 2.07. The Labute approximate surface area is 104 Å². The van der Waals surface area contributed by atoms with Gasteiger partial charge in [-0.15, -0.1) is 0 Å². The van der Waals surface area contributed by atoms with Gasteiger partial charge in [0.05, 0.1) is 0 Å². The van der Waals surface area contributed by atoms with Crippen molar-refractivity contribution in [2.75, 3.05) is 0 Å². The molecule has 0 N–H and O–H groups in total. The fraction of sp³-hybridized carbons (Fsp3) is 0. The number of ketones is 1. The average molecular weight is 271 g/mol. The first-order chi connectivity index (χ1) is 7.66. The molecule has 0 aliphatic heterocycles. The number of hydrogen-bond donors (Lipinski definition) is 0. The van der Waals surface area contributed by atoms with Crippen LogP contribution >= 0.6 is 15.9 Å². The van der Waals surface area contributed by atoms with Gasteiger partial charge in [0.15, 0.2) is 5.78 Å². The molecular weight excluding hydrogens is 263 g/mol. The van der Waals surface area contributed by atoms with Crippen molar-refractivity contribution in [3.05, 3.63) is 64.1 Å². The molecule has 0 aromatic heterocycles. The Hall–Kier alpha value is -1.35. The fourth-order valence-corrected chi connectivity index (χ4v) is 1.67. The van der Waals surface area contributed by atoms with Gasteiger partial charge >= 0.3 is 0 Å². The van der Waals surface area contributed by atoms with Gasteiger partial charge < -0.3 is 0 Å². The van der Waals surface area contributed by atoms with Crippen LogP contribution in [0.25, 0.3) is 0 Å². The Kier molecular flexibility index (Phi) is 3.25. The van der Waals surface area contributed by atoms with E-state index in [9.17, 15) is 4.79 Å². The second-order valence-electron chi connectivity index (χ2n) is 3.46. The summed E-state index contributed by atoms with van der Waals surface area (Å²) in [5.41, 5.74) is 1.98. The Bertz CT molecular complexity index is 455. The van der Waals surface area contributed by atoms with Crippen molar-refractivity contribution in [3.8, 4) is 0 Å². The molecular formula is C13H8BBrO. The van der Waals surface area contributed by atoms with Crippen LogP contribution in [0.5, 0.6) is 0 Å². The largest absolute Gasteiger partial charge is 0.289 e. The zero-order chi connectivity index (χ0) is 11.5. The highest BCUT2D eigenvalue weighted by Crippen LogP contribution is 2.13. The van der Waals surface area contributed by atoms with Crippen LogP contribution in [-0.4, -0.2) is 13.6 Å². The minimum Gasteiger partial charge on any atom is -0.289 e. The van der Waals surface area contributed by atoms with Gasteiger partial charge in [0, 0.05) is 15.6 Å². The van der Waals surface area contributed by atoms with Crippen molar-refractivity contribution < 1.29 is 4.79 Å². The molecule has 3 heteroatoms. The highest BCUT2D eigenvalue weighted by atomic mass is 79.9. The topological polar surface area (TPSA) is 17.1 Å². The maximum Gasteiger partial charge on any atom is 0.193 e. The molecule has 2 aromatic rings. The summed E-state index contributed by atoms with van der Waals surface area (Å²) in [6.07, 6.45) is 0. The lowest BCUT2D eigenvalue weighted by Crippen LogP contribution is -2.05. The first kappa shape index (κ1) is 11.1. The normalized spacial score (nSPS) is 10.1. The molecule has 16 heavy (non-hydrogen) atoms. The summed E-state index contributed by atoms with van der Waals surface area (Å²) in [5, 5.41) is 0. The standard InChI is InChI=1S/C13H8BBrO/c14-11-5-1-9(2-6-11)13(16)10-3-7-12(15)8-4-10/h1-8H. The molecule has 0 saturated heterocycles. The number of carbonyl (C=O) groups excluding carboxylic acids is 1. The minimum atomic E-state index is 0.00694. The van der Waals surface area contributed by atoms with E-state index < -0.39 is 0 Å². The molecule has 2 aromatic carbocycles. The van der Waals surface area contributed by atoms with Gasteiger partial charge in [0.1, 0.15) is 7.85 Å². The molecule has 0 atom stereocenters. The molecule has 2 rings (SSSR count). The Morgan fingerprint density at radius 1 is 0.875 bits per heavy atom. The van der Waals surface area contributed by atoms with E-state index in [1.54, 1.807) is 36.4 Å². The molecule has 0 aliphatic rings. The number of benzene rings is 2. The number of carbonyl (C=O) groups is 1. The summed E-state index contributed by atoms with van der Waals surface area (Å²) in [6, 6.07) is 14.2. The van der Waals surface area contributed by atoms with Gasteiger partial charge in [-0.25, -0.2) is 0 Å². The van der Waals surface area contributed by atoms with Crippen LogP contribution in [0.1, 0.15) is 15.9 Å². The van der Waals surface area contributed by atoms with Crippen LogP contribution in [0.15, 0.2) is 53.0 Å². The number of halogens is 1. The lowest BCUT2D eigenvalue weighted by Gasteiger charge is -2.02. The van der Waals surface area contributed by atoms with E-state index in [1.807, 2.05) is 12.1 Å². The van der Waals surface area contributed by atoms with E-state index in [0.29, 0.717) is 16.6 Å². The molecule has 0 aliphatic carbocycles. The summed E-state index contributed by atoms with van der Waals surface area (Å²) in [6.45, 7) is 0. The van der Waals surface area contributed by atoms with Gasteiger partial charge in [0.2, 0.25) is 0 Å². The molecule has 76 valence electrons. The first-order valence-electron chi connectivity index (χ1n) is 4.82. The Morgan fingerprint density at radius 2 is 1.31 bits per heavy atom. The van der Waals surface area contributed by atoms with Crippen molar-refractivity contribution in [3.63, 3.8) is 0 Å². The zero-order valence-electron chi connectivity index (χ0n) is 8.48. The molecule has 0 spiro atoms. The number of hydrogen-bond acceptors (Lipinski definition) is 1. The number of rotatable bonds is 2. The maximum atomic E-state index is 12.0. The van der Waals surface area contributed by atoms with Gasteiger partial charge in [-0.05, 0) is 24.3 Å². The molecule has 0 saturated carbocycles. The third kappa shape index (κ3) is 2.42. The first-order valence-corrected chi connectivity index (χ1v) is 5.62. The highest BCUT2D eigenvalue weighted by molar-refractivity contribution is 9.10. The SMILES string of the molecule is [B]c1ccc(C(=O)c2ccc(Br)cc2)cc1. The van der Waals surface area contributed by atoms with Crippen LogP contribution in [0.3, 0.4) is 0 Å². The van der Waals surface area contributed by atoms with Gasteiger partial charge in [0.25, 0.3) is 0 Å². The minimum absolute atomic E-state index is 0.00694. The van der Waals surface area contributed by atoms with Crippen molar-refractivity contribution >= 4 is 35.0 Å². The van der Waals surface area contributed by atoms with Gasteiger partial charge in [-0.3, -0.25) is 4.79 Å². The third-order valence-electron chi connectivity index (χ3n) is 2.28. The smallest absolute Gasteiger partial charge is 0.193 e. The van der Waals surface area contributed by atoms with E-state index in [4.69, 9.17) is 7.85 Å². The third-order valence-corrected chi connectivity index (χ3v) is 2.81. The zero-order valence-corrected chi connectivity index (χ0v) is 10.1. The summed E-state index contributed by atoms with van der Waals surface area (Å²) in [4.78, 5) is 12.0. The molecule has 0 unspecified atom stereocenters. The Balaban J connectivity index is 2.32.